The summed E-state index contributed by atoms with van der Waals surface area (Å²) in [6.07, 6.45) is -0.266. The summed E-state index contributed by atoms with van der Waals surface area (Å²) in [6.45, 7) is 5.22. The molecule has 0 bridgehead atoms. The van der Waals surface area contributed by atoms with Gasteiger partial charge in [0.2, 0.25) is 0 Å². The molecule has 0 unspecified atom stereocenters. The molecule has 7 heteroatoms. The van der Waals surface area contributed by atoms with Gasteiger partial charge in [-0.25, -0.2) is 13.2 Å². The average molecular weight is 264 g/mol. The third-order valence-electron chi connectivity index (χ3n) is 2.41. The molecule has 0 aromatic carbocycles. The van der Waals surface area contributed by atoms with Gasteiger partial charge in [-0.15, -0.1) is 0 Å². The SMILES string of the molecule is CC(C)(C)OC(=O)N[C@@H]1CS(=O)(=O)CC[C@@H]1N. The number of carbonyl (C=O) groups is 1. The van der Waals surface area contributed by atoms with E-state index in [0.717, 1.165) is 0 Å². The van der Waals surface area contributed by atoms with Crippen LogP contribution < -0.4 is 11.1 Å². The Hall–Kier alpha value is -0.820. The van der Waals surface area contributed by atoms with Crippen molar-refractivity contribution in [2.75, 3.05) is 11.5 Å². The van der Waals surface area contributed by atoms with Crippen molar-refractivity contribution in [1.82, 2.24) is 5.32 Å². The molecule has 0 saturated carbocycles. The number of nitrogens with two attached hydrogens (primary N) is 1. The first kappa shape index (κ1) is 14.2. The molecule has 1 aliphatic heterocycles. The lowest BCUT2D eigenvalue weighted by molar-refractivity contribution is 0.0501. The summed E-state index contributed by atoms with van der Waals surface area (Å²) in [5.41, 5.74) is 5.17. The summed E-state index contributed by atoms with van der Waals surface area (Å²) in [5.74, 6) is -0.0337. The van der Waals surface area contributed by atoms with Crippen LogP contribution in [0.5, 0.6) is 0 Å². The lowest BCUT2D eigenvalue weighted by atomic mass is 10.1. The molecule has 0 spiro atoms. The van der Waals surface area contributed by atoms with E-state index in [0.29, 0.717) is 6.42 Å². The molecule has 1 saturated heterocycles. The van der Waals surface area contributed by atoms with E-state index in [2.05, 4.69) is 5.32 Å². The van der Waals surface area contributed by atoms with Gasteiger partial charge in [0.15, 0.2) is 9.84 Å². The molecular formula is C10H20N2O4S. The van der Waals surface area contributed by atoms with E-state index in [4.69, 9.17) is 10.5 Å². The lowest BCUT2D eigenvalue weighted by Gasteiger charge is -2.30. The second-order valence-electron chi connectivity index (χ2n) is 5.32. The van der Waals surface area contributed by atoms with Crippen molar-refractivity contribution in [2.24, 2.45) is 5.73 Å². The molecule has 3 N–H and O–H groups in total. The number of nitrogens with one attached hydrogen (secondary N) is 1. The number of alkyl carbamates (subject to hydrolysis) is 1. The predicted molar refractivity (Wildman–Crippen MR) is 64.4 cm³/mol. The minimum absolute atomic E-state index is 0.0840. The van der Waals surface area contributed by atoms with E-state index < -0.39 is 27.6 Å². The number of carbonyl (C=O) groups excluding carboxylic acids is 1. The van der Waals surface area contributed by atoms with Gasteiger partial charge in [-0.3, -0.25) is 0 Å². The largest absolute Gasteiger partial charge is 0.444 e. The minimum Gasteiger partial charge on any atom is -0.444 e. The predicted octanol–water partition coefficient (Wildman–Crippen LogP) is 0.0255. The summed E-state index contributed by atoms with van der Waals surface area (Å²) >= 11 is 0. The Morgan fingerprint density at radius 1 is 1.41 bits per heavy atom. The quantitative estimate of drug-likeness (QED) is 0.696. The number of amides is 1. The van der Waals surface area contributed by atoms with Gasteiger partial charge in [0, 0.05) is 6.04 Å². The monoisotopic (exact) mass is 264 g/mol. The van der Waals surface area contributed by atoms with E-state index in [9.17, 15) is 13.2 Å². The first-order chi connectivity index (χ1) is 7.59. The fourth-order valence-electron chi connectivity index (χ4n) is 1.60. The van der Waals surface area contributed by atoms with Crippen molar-refractivity contribution in [3.63, 3.8) is 0 Å². The summed E-state index contributed by atoms with van der Waals surface area (Å²) in [7, 11) is -3.10. The van der Waals surface area contributed by atoms with Crippen LogP contribution in [0.25, 0.3) is 0 Å². The third kappa shape index (κ3) is 4.91. The van der Waals surface area contributed by atoms with Gasteiger partial charge < -0.3 is 15.8 Å². The van der Waals surface area contributed by atoms with Crippen LogP contribution in [0, 0.1) is 0 Å². The maximum atomic E-state index is 11.5. The molecule has 0 aromatic rings. The van der Waals surface area contributed by atoms with E-state index >= 15 is 0 Å². The maximum Gasteiger partial charge on any atom is 0.407 e. The number of sulfone groups is 1. The number of ether oxygens (including phenoxy) is 1. The van der Waals surface area contributed by atoms with Crippen LogP contribution in [-0.2, 0) is 14.6 Å². The molecule has 100 valence electrons. The Morgan fingerprint density at radius 2 is 2.00 bits per heavy atom. The molecule has 17 heavy (non-hydrogen) atoms. The van der Waals surface area contributed by atoms with Gasteiger partial charge in [0.05, 0.1) is 17.5 Å². The Balaban J connectivity index is 2.58. The zero-order valence-corrected chi connectivity index (χ0v) is 11.2. The fraction of sp³-hybridized carbons (Fsp3) is 0.900. The van der Waals surface area contributed by atoms with Crippen LogP contribution in [-0.4, -0.2) is 43.7 Å². The summed E-state index contributed by atoms with van der Waals surface area (Å²) in [6, 6.07) is -0.908. The molecule has 1 aliphatic rings. The lowest BCUT2D eigenvalue weighted by Crippen LogP contribution is -2.55. The van der Waals surface area contributed by atoms with E-state index in [-0.39, 0.29) is 17.5 Å². The molecule has 2 atom stereocenters. The maximum absolute atomic E-state index is 11.5. The Bertz CT molecular complexity index is 386. The molecule has 1 fully saturated rings. The van der Waals surface area contributed by atoms with Crippen LogP contribution in [0.2, 0.25) is 0 Å². The summed E-state index contributed by atoms with van der Waals surface area (Å²) < 4.78 is 27.9. The highest BCUT2D eigenvalue weighted by atomic mass is 32.2. The normalized spacial score (nSPS) is 28.5. The second kappa shape index (κ2) is 4.81. The summed E-state index contributed by atoms with van der Waals surface area (Å²) in [4.78, 5) is 11.5. The minimum atomic E-state index is -3.10. The number of hydrogen-bond acceptors (Lipinski definition) is 5. The molecule has 6 nitrogen and oxygen atoms in total. The molecule has 0 aromatic heterocycles. The molecule has 0 radical (unpaired) electrons. The van der Waals surface area contributed by atoms with Crippen LogP contribution in [0.1, 0.15) is 27.2 Å². The van der Waals surface area contributed by atoms with Crippen molar-refractivity contribution in [3.8, 4) is 0 Å². The van der Waals surface area contributed by atoms with Crippen LogP contribution in [0.3, 0.4) is 0 Å². The first-order valence-electron chi connectivity index (χ1n) is 5.54. The van der Waals surface area contributed by atoms with Gasteiger partial charge >= 0.3 is 6.09 Å². The summed E-state index contributed by atoms with van der Waals surface area (Å²) in [5, 5.41) is 2.52. The Morgan fingerprint density at radius 3 is 2.53 bits per heavy atom. The zero-order chi connectivity index (χ0) is 13.3. The second-order valence-corrected chi connectivity index (χ2v) is 7.55. The van der Waals surface area contributed by atoms with E-state index in [1.165, 1.54) is 0 Å². The highest BCUT2D eigenvalue weighted by Crippen LogP contribution is 2.13. The van der Waals surface area contributed by atoms with Crippen molar-refractivity contribution in [3.05, 3.63) is 0 Å². The average Bonchev–Trinajstić information content (AvgIpc) is 2.07. The van der Waals surface area contributed by atoms with Crippen molar-refractivity contribution in [2.45, 2.75) is 44.9 Å². The van der Waals surface area contributed by atoms with E-state index in [1.54, 1.807) is 20.8 Å². The van der Waals surface area contributed by atoms with Crippen LogP contribution in [0.4, 0.5) is 4.79 Å². The zero-order valence-electron chi connectivity index (χ0n) is 10.4. The standard InChI is InChI=1S/C10H20N2O4S/c1-10(2,3)16-9(13)12-8-6-17(14,15)5-4-7(8)11/h7-8H,4-6,11H2,1-3H3,(H,12,13)/t7-,8+/m0/s1. The van der Waals surface area contributed by atoms with Gasteiger partial charge in [0.25, 0.3) is 0 Å². The van der Waals surface area contributed by atoms with E-state index in [1.807, 2.05) is 0 Å². The third-order valence-corrected chi connectivity index (χ3v) is 4.14. The molecule has 1 amide bonds. The first-order valence-corrected chi connectivity index (χ1v) is 7.37. The number of hydrogen-bond donors (Lipinski definition) is 2. The van der Waals surface area contributed by atoms with Gasteiger partial charge in [0.1, 0.15) is 5.60 Å². The van der Waals surface area contributed by atoms with Gasteiger partial charge in [-0.05, 0) is 27.2 Å². The molecule has 1 heterocycles. The molecule has 1 rings (SSSR count). The molecular weight excluding hydrogens is 244 g/mol. The molecule has 0 aliphatic carbocycles. The van der Waals surface area contributed by atoms with Crippen molar-refractivity contribution >= 4 is 15.9 Å². The smallest absolute Gasteiger partial charge is 0.407 e. The van der Waals surface area contributed by atoms with Crippen molar-refractivity contribution < 1.29 is 17.9 Å². The number of rotatable bonds is 1. The highest BCUT2D eigenvalue weighted by Gasteiger charge is 2.32. The van der Waals surface area contributed by atoms with Gasteiger partial charge in [-0.2, -0.15) is 0 Å². The topological polar surface area (TPSA) is 98.5 Å². The van der Waals surface area contributed by atoms with Gasteiger partial charge in [-0.1, -0.05) is 0 Å². The van der Waals surface area contributed by atoms with Crippen molar-refractivity contribution in [1.29, 1.82) is 0 Å². The Labute approximate surface area is 102 Å². The highest BCUT2D eigenvalue weighted by molar-refractivity contribution is 7.91. The fourth-order valence-corrected chi connectivity index (χ4v) is 3.28. The van der Waals surface area contributed by atoms with Crippen LogP contribution >= 0.6 is 0 Å². The Kier molecular flexibility index (Phi) is 4.03. The van der Waals surface area contributed by atoms with Crippen LogP contribution in [0.15, 0.2) is 0 Å².